The van der Waals surface area contributed by atoms with Crippen LogP contribution < -0.4 is 15.4 Å². The minimum Gasteiger partial charge on any atom is -0.449 e. The number of rotatable bonds is 16. The van der Waals surface area contributed by atoms with Crippen molar-refractivity contribution in [2.24, 2.45) is 17.8 Å². The van der Waals surface area contributed by atoms with E-state index in [0.29, 0.717) is 5.56 Å². The summed E-state index contributed by atoms with van der Waals surface area (Å²) in [5, 5.41) is 14.8. The Morgan fingerprint density at radius 3 is 2.07 bits per heavy atom. The van der Waals surface area contributed by atoms with Gasteiger partial charge in [0.1, 0.15) is 11.5 Å². The second-order valence-electron chi connectivity index (χ2n) is 10.9. The first-order valence-electron chi connectivity index (χ1n) is 13.8. The predicted molar refractivity (Wildman–Crippen MR) is 152 cm³/mol. The highest BCUT2D eigenvalue weighted by Gasteiger charge is 2.32. The quantitative estimate of drug-likeness (QED) is 0.255. The molecule has 0 saturated heterocycles. The van der Waals surface area contributed by atoms with Crippen LogP contribution in [-0.2, 0) is 32.0 Å². The third-order valence-electron chi connectivity index (χ3n) is 6.66. The zero-order valence-corrected chi connectivity index (χ0v) is 24.2. The van der Waals surface area contributed by atoms with Gasteiger partial charge in [-0.05, 0) is 35.6 Å². The summed E-state index contributed by atoms with van der Waals surface area (Å²) < 4.78 is 41.1. The van der Waals surface area contributed by atoms with Gasteiger partial charge in [0.25, 0.3) is 0 Å². The summed E-state index contributed by atoms with van der Waals surface area (Å²) in [6.45, 7) is 5.95. The van der Waals surface area contributed by atoms with Gasteiger partial charge in [0.05, 0.1) is 6.04 Å². The number of carbonyl (C=O) groups excluding carboxylic acids is 4. The number of benzene rings is 2. The van der Waals surface area contributed by atoms with Gasteiger partial charge in [0.15, 0.2) is 5.78 Å². The Morgan fingerprint density at radius 2 is 1.52 bits per heavy atom. The van der Waals surface area contributed by atoms with Gasteiger partial charge in [-0.2, -0.15) is 0 Å². The zero-order valence-electron chi connectivity index (χ0n) is 24.2. The van der Waals surface area contributed by atoms with E-state index in [1.807, 2.05) is 30.3 Å². The van der Waals surface area contributed by atoms with E-state index >= 15 is 0 Å². The standard InChI is InChI=1S/C30H38BF3N2O6/c1-19(2)25(17-23(37)15-22-10-12-24(13-11-22)42-30(32,33)34)29(40)36-26(16-21-8-6-5-7-9-21)27(38)14-20(3)28(39)35-18-31(4)41/h5-13,19-20,25-26,41H,14-18H2,1-4H3,(H,35,39)(H,36,40)/t20-,25+,26+/m1/s1. The van der Waals surface area contributed by atoms with Crippen molar-refractivity contribution >= 4 is 30.3 Å². The van der Waals surface area contributed by atoms with Gasteiger partial charge in [-0.25, -0.2) is 0 Å². The van der Waals surface area contributed by atoms with Crippen molar-refractivity contribution in [3.8, 4) is 5.75 Å². The molecule has 3 atom stereocenters. The molecule has 8 nitrogen and oxygen atoms in total. The number of Topliss-reactive ketones (excluding diaryl/α,β-unsaturated/α-hetero) is 2. The summed E-state index contributed by atoms with van der Waals surface area (Å²) in [5.74, 6) is -3.61. The molecule has 0 radical (unpaired) electrons. The molecular formula is C30H38BF3N2O6. The van der Waals surface area contributed by atoms with E-state index in [4.69, 9.17) is 0 Å². The molecule has 2 amide bonds. The van der Waals surface area contributed by atoms with Gasteiger partial charge in [-0.1, -0.05) is 70.1 Å². The fraction of sp³-hybridized carbons (Fsp3) is 0.467. The Kier molecular flexibility index (Phi) is 13.2. The molecule has 42 heavy (non-hydrogen) atoms. The number of carbonyl (C=O) groups is 4. The molecule has 0 fully saturated rings. The molecule has 0 aromatic heterocycles. The van der Waals surface area contributed by atoms with Crippen LogP contribution in [0.15, 0.2) is 54.6 Å². The largest absolute Gasteiger partial charge is 0.573 e. The molecule has 0 aliphatic carbocycles. The van der Waals surface area contributed by atoms with E-state index < -0.39 is 48.7 Å². The lowest BCUT2D eigenvalue weighted by atomic mass is 9.72. The van der Waals surface area contributed by atoms with E-state index in [2.05, 4.69) is 15.4 Å². The van der Waals surface area contributed by atoms with E-state index in [1.54, 1.807) is 20.8 Å². The molecule has 0 aliphatic heterocycles. The van der Waals surface area contributed by atoms with Gasteiger partial charge >= 0.3 is 13.3 Å². The molecular weight excluding hydrogens is 552 g/mol. The molecule has 2 aromatic rings. The second-order valence-corrected chi connectivity index (χ2v) is 10.9. The van der Waals surface area contributed by atoms with Crippen LogP contribution >= 0.6 is 0 Å². The van der Waals surface area contributed by atoms with E-state index in [0.717, 1.165) is 17.7 Å². The van der Waals surface area contributed by atoms with Gasteiger partial charge in [-0.15, -0.1) is 13.2 Å². The van der Waals surface area contributed by atoms with Gasteiger partial charge < -0.3 is 20.4 Å². The van der Waals surface area contributed by atoms with E-state index in [1.165, 1.54) is 19.0 Å². The van der Waals surface area contributed by atoms with Crippen molar-refractivity contribution in [3.05, 3.63) is 65.7 Å². The van der Waals surface area contributed by atoms with Crippen molar-refractivity contribution < 1.29 is 42.1 Å². The van der Waals surface area contributed by atoms with Crippen molar-refractivity contribution in [3.63, 3.8) is 0 Å². The first-order valence-corrected chi connectivity index (χ1v) is 13.8. The minimum absolute atomic E-state index is 0.0527. The number of ether oxygens (including phenoxy) is 1. The Labute approximate surface area is 244 Å². The average molecular weight is 590 g/mol. The second kappa shape index (κ2) is 16.1. The minimum atomic E-state index is -4.82. The number of halogens is 3. The number of hydrogen-bond donors (Lipinski definition) is 3. The van der Waals surface area contributed by atoms with Crippen molar-refractivity contribution in [1.82, 2.24) is 10.6 Å². The van der Waals surface area contributed by atoms with Crippen molar-refractivity contribution in [1.29, 1.82) is 0 Å². The molecule has 12 heteroatoms. The van der Waals surface area contributed by atoms with Crippen LogP contribution in [0.4, 0.5) is 13.2 Å². The van der Waals surface area contributed by atoms with Crippen molar-refractivity contribution in [2.75, 3.05) is 6.44 Å². The molecule has 0 heterocycles. The van der Waals surface area contributed by atoms with Gasteiger partial charge in [0, 0.05) is 37.5 Å². The fourth-order valence-electron chi connectivity index (χ4n) is 4.32. The van der Waals surface area contributed by atoms with Crippen LogP contribution in [-0.4, -0.2) is 54.2 Å². The summed E-state index contributed by atoms with van der Waals surface area (Å²) >= 11 is 0. The fourth-order valence-corrected chi connectivity index (χ4v) is 4.32. The topological polar surface area (TPSA) is 122 Å². The lowest BCUT2D eigenvalue weighted by Crippen LogP contribution is -2.47. The monoisotopic (exact) mass is 590 g/mol. The number of ketones is 2. The predicted octanol–water partition coefficient (Wildman–Crippen LogP) is 3.95. The lowest BCUT2D eigenvalue weighted by molar-refractivity contribution is -0.274. The summed E-state index contributed by atoms with van der Waals surface area (Å²) in [4.78, 5) is 52.0. The first-order chi connectivity index (χ1) is 19.6. The maximum atomic E-state index is 13.4. The number of amides is 2. The normalized spacial score (nSPS) is 13.5. The maximum Gasteiger partial charge on any atom is 0.573 e. The average Bonchev–Trinajstić information content (AvgIpc) is 2.90. The highest BCUT2D eigenvalue weighted by Crippen LogP contribution is 2.24. The number of alkyl halides is 3. The summed E-state index contributed by atoms with van der Waals surface area (Å²) in [5.41, 5.74) is 1.27. The molecule has 0 aliphatic rings. The van der Waals surface area contributed by atoms with E-state index in [-0.39, 0.29) is 49.6 Å². The SMILES string of the molecule is CB(O)CNC(=O)[C@H](C)CC(=O)[C@H](Cc1ccccc1)NC(=O)[C@@H](CC(=O)Cc1ccc(OC(F)(F)F)cc1)C(C)C. The summed E-state index contributed by atoms with van der Waals surface area (Å²) in [6, 6.07) is 13.1. The van der Waals surface area contributed by atoms with Crippen molar-refractivity contribution in [2.45, 2.75) is 65.7 Å². The molecule has 228 valence electrons. The molecule has 0 spiro atoms. The Balaban J connectivity index is 2.10. The van der Waals surface area contributed by atoms with Crippen LogP contribution in [0.1, 0.15) is 44.7 Å². The Morgan fingerprint density at radius 1 is 0.905 bits per heavy atom. The smallest absolute Gasteiger partial charge is 0.449 e. The molecule has 3 N–H and O–H groups in total. The number of hydrogen-bond acceptors (Lipinski definition) is 6. The molecule has 0 bridgehead atoms. The van der Waals surface area contributed by atoms with Crippen LogP contribution in [0, 0.1) is 17.8 Å². The highest BCUT2D eigenvalue weighted by atomic mass is 19.4. The van der Waals surface area contributed by atoms with Crippen LogP contribution in [0.3, 0.4) is 0 Å². The maximum absolute atomic E-state index is 13.4. The first kappa shape index (κ1) is 34.5. The highest BCUT2D eigenvalue weighted by molar-refractivity contribution is 6.49. The van der Waals surface area contributed by atoms with E-state index in [9.17, 15) is 37.4 Å². The molecule has 2 aromatic carbocycles. The third-order valence-corrected chi connectivity index (χ3v) is 6.66. The molecule has 0 unspecified atom stereocenters. The van der Waals surface area contributed by atoms with Gasteiger partial charge in [-0.3, -0.25) is 19.2 Å². The molecule has 2 rings (SSSR count). The van der Waals surface area contributed by atoms with Crippen LogP contribution in [0.25, 0.3) is 0 Å². The van der Waals surface area contributed by atoms with Crippen LogP contribution in [0.2, 0.25) is 6.82 Å². The Bertz CT molecular complexity index is 1190. The number of nitrogens with one attached hydrogen (secondary N) is 2. The summed E-state index contributed by atoms with van der Waals surface area (Å²) in [7, 11) is 0. The third kappa shape index (κ3) is 12.5. The summed E-state index contributed by atoms with van der Waals surface area (Å²) in [6.07, 6.45) is -4.93. The Hall–Kier alpha value is -3.67. The van der Waals surface area contributed by atoms with Crippen LogP contribution in [0.5, 0.6) is 5.75 Å². The van der Waals surface area contributed by atoms with Gasteiger partial charge in [0.2, 0.25) is 11.8 Å². The molecule has 0 saturated carbocycles. The lowest BCUT2D eigenvalue weighted by Gasteiger charge is -2.25. The zero-order chi connectivity index (χ0) is 31.4.